The SMILES string of the molecule is O=C(COCCOc1ccccc1)NC[C@H]1COC2(CCCCC2)O1. The third kappa shape index (κ3) is 5.70. The van der Waals surface area contributed by atoms with E-state index in [4.69, 9.17) is 18.9 Å². The fourth-order valence-corrected chi connectivity index (χ4v) is 3.25. The fraction of sp³-hybridized carbons (Fsp3) is 0.632. The Kier molecular flexibility index (Phi) is 6.67. The topological polar surface area (TPSA) is 66.0 Å². The third-order valence-corrected chi connectivity index (χ3v) is 4.53. The Morgan fingerprint density at radius 1 is 1.16 bits per heavy atom. The van der Waals surface area contributed by atoms with Crippen molar-refractivity contribution in [3.63, 3.8) is 0 Å². The van der Waals surface area contributed by atoms with Crippen LogP contribution in [0, 0.1) is 0 Å². The van der Waals surface area contributed by atoms with Crippen LogP contribution in [0.25, 0.3) is 0 Å². The number of rotatable bonds is 8. The number of amides is 1. The van der Waals surface area contributed by atoms with Gasteiger partial charge in [-0.25, -0.2) is 0 Å². The van der Waals surface area contributed by atoms with Crippen molar-refractivity contribution in [2.75, 3.05) is 33.0 Å². The molecule has 1 atom stereocenters. The highest BCUT2D eigenvalue weighted by Crippen LogP contribution is 2.37. The molecule has 2 aliphatic rings. The summed E-state index contributed by atoms with van der Waals surface area (Å²) >= 11 is 0. The smallest absolute Gasteiger partial charge is 0.246 e. The van der Waals surface area contributed by atoms with Gasteiger partial charge in [-0.3, -0.25) is 4.79 Å². The predicted octanol–water partition coefficient (Wildman–Crippen LogP) is 2.27. The van der Waals surface area contributed by atoms with E-state index in [9.17, 15) is 4.79 Å². The minimum absolute atomic E-state index is 0.0247. The summed E-state index contributed by atoms with van der Waals surface area (Å²) in [4.78, 5) is 11.8. The molecule has 1 spiro atoms. The molecule has 6 heteroatoms. The molecular formula is C19H27NO5. The van der Waals surface area contributed by atoms with Crippen molar-refractivity contribution in [1.82, 2.24) is 5.32 Å². The first-order valence-corrected chi connectivity index (χ1v) is 9.10. The number of hydrogen-bond donors (Lipinski definition) is 1. The Bertz CT molecular complexity index is 530. The van der Waals surface area contributed by atoms with E-state index in [0.717, 1.165) is 31.4 Å². The maximum absolute atomic E-state index is 11.8. The second-order valence-electron chi connectivity index (χ2n) is 6.54. The van der Waals surface area contributed by atoms with Gasteiger partial charge in [0.25, 0.3) is 0 Å². The van der Waals surface area contributed by atoms with Gasteiger partial charge in [-0.1, -0.05) is 24.6 Å². The summed E-state index contributed by atoms with van der Waals surface area (Å²) in [5.74, 6) is 0.261. The van der Waals surface area contributed by atoms with Gasteiger partial charge in [-0.15, -0.1) is 0 Å². The zero-order valence-electron chi connectivity index (χ0n) is 14.6. The molecular weight excluding hydrogens is 322 g/mol. The van der Waals surface area contributed by atoms with Crippen molar-refractivity contribution in [3.8, 4) is 5.75 Å². The van der Waals surface area contributed by atoms with Gasteiger partial charge in [0.05, 0.1) is 13.2 Å². The third-order valence-electron chi connectivity index (χ3n) is 4.53. The summed E-state index contributed by atoms with van der Waals surface area (Å²) in [6.07, 6.45) is 5.41. The van der Waals surface area contributed by atoms with Crippen LogP contribution in [0.15, 0.2) is 30.3 Å². The lowest BCUT2D eigenvalue weighted by Gasteiger charge is -2.31. The van der Waals surface area contributed by atoms with Crippen molar-refractivity contribution >= 4 is 5.91 Å². The predicted molar refractivity (Wildman–Crippen MR) is 92.4 cm³/mol. The Morgan fingerprint density at radius 3 is 2.76 bits per heavy atom. The van der Waals surface area contributed by atoms with Gasteiger partial charge in [0.15, 0.2) is 5.79 Å². The lowest BCUT2D eigenvalue weighted by molar-refractivity contribution is -0.186. The normalized spacial score (nSPS) is 22.0. The number of nitrogens with one attached hydrogen (secondary N) is 1. The maximum Gasteiger partial charge on any atom is 0.246 e. The molecule has 0 radical (unpaired) electrons. The molecule has 0 aromatic heterocycles. The zero-order chi connectivity index (χ0) is 17.4. The van der Waals surface area contributed by atoms with E-state index in [1.165, 1.54) is 6.42 Å². The van der Waals surface area contributed by atoms with Crippen molar-refractivity contribution < 1.29 is 23.7 Å². The van der Waals surface area contributed by atoms with Gasteiger partial charge >= 0.3 is 0 Å². The highest BCUT2D eigenvalue weighted by molar-refractivity contribution is 5.77. The second-order valence-corrected chi connectivity index (χ2v) is 6.54. The van der Waals surface area contributed by atoms with Gasteiger partial charge < -0.3 is 24.3 Å². The Hall–Kier alpha value is -1.63. The largest absolute Gasteiger partial charge is 0.491 e. The highest BCUT2D eigenvalue weighted by atomic mass is 16.7. The number of benzene rings is 1. The van der Waals surface area contributed by atoms with Crippen LogP contribution in [0.5, 0.6) is 5.75 Å². The molecule has 1 aromatic rings. The van der Waals surface area contributed by atoms with Crippen molar-refractivity contribution in [2.45, 2.75) is 44.0 Å². The molecule has 25 heavy (non-hydrogen) atoms. The van der Waals surface area contributed by atoms with Crippen LogP contribution in [-0.4, -0.2) is 50.8 Å². The molecule has 138 valence electrons. The van der Waals surface area contributed by atoms with Gasteiger partial charge in [-0.2, -0.15) is 0 Å². The van der Waals surface area contributed by atoms with Crippen LogP contribution < -0.4 is 10.1 Å². The van der Waals surface area contributed by atoms with E-state index in [1.54, 1.807) is 0 Å². The number of carbonyl (C=O) groups excluding carboxylic acids is 1. The molecule has 1 aliphatic heterocycles. The molecule has 1 aromatic carbocycles. The number of para-hydroxylation sites is 1. The van der Waals surface area contributed by atoms with E-state index in [0.29, 0.717) is 26.4 Å². The van der Waals surface area contributed by atoms with Gasteiger partial charge in [0, 0.05) is 19.4 Å². The summed E-state index contributed by atoms with van der Waals surface area (Å²) in [7, 11) is 0. The lowest BCUT2D eigenvalue weighted by Crippen LogP contribution is -2.38. The van der Waals surface area contributed by atoms with Crippen LogP contribution in [0.2, 0.25) is 0 Å². The molecule has 1 heterocycles. The van der Waals surface area contributed by atoms with Crippen LogP contribution >= 0.6 is 0 Å². The molecule has 2 fully saturated rings. The van der Waals surface area contributed by atoms with Crippen LogP contribution in [-0.2, 0) is 19.0 Å². The average Bonchev–Trinajstić information content (AvgIpc) is 3.03. The van der Waals surface area contributed by atoms with Crippen molar-refractivity contribution in [1.29, 1.82) is 0 Å². The maximum atomic E-state index is 11.8. The standard InChI is InChI=1S/C19H27NO5/c21-18(15-22-11-12-23-16-7-3-1-4-8-16)20-13-17-14-24-19(25-17)9-5-2-6-10-19/h1,3-4,7-8,17H,2,5-6,9-15H2,(H,20,21)/t17-/m0/s1. The number of ether oxygens (including phenoxy) is 4. The molecule has 1 N–H and O–H groups in total. The van der Waals surface area contributed by atoms with E-state index < -0.39 is 0 Å². The van der Waals surface area contributed by atoms with E-state index in [-0.39, 0.29) is 24.4 Å². The minimum Gasteiger partial charge on any atom is -0.491 e. The summed E-state index contributed by atoms with van der Waals surface area (Å²) < 4.78 is 22.7. The first-order chi connectivity index (χ1) is 12.3. The van der Waals surface area contributed by atoms with E-state index in [2.05, 4.69) is 5.32 Å². The lowest BCUT2D eigenvalue weighted by atomic mass is 9.94. The number of hydrogen-bond acceptors (Lipinski definition) is 5. The summed E-state index contributed by atoms with van der Waals surface area (Å²) in [5.41, 5.74) is 0. The molecule has 0 unspecified atom stereocenters. The Balaban J connectivity index is 1.24. The first-order valence-electron chi connectivity index (χ1n) is 9.10. The minimum atomic E-state index is -0.390. The van der Waals surface area contributed by atoms with E-state index >= 15 is 0 Å². The molecule has 3 rings (SSSR count). The zero-order valence-corrected chi connectivity index (χ0v) is 14.6. The molecule has 1 aliphatic carbocycles. The van der Waals surface area contributed by atoms with Crippen LogP contribution in [0.4, 0.5) is 0 Å². The first kappa shape index (κ1) is 18.2. The summed E-state index contributed by atoms with van der Waals surface area (Å²) in [6.45, 7) is 1.82. The molecule has 1 amide bonds. The van der Waals surface area contributed by atoms with Gasteiger partial charge in [0.2, 0.25) is 5.91 Å². The Labute approximate surface area is 148 Å². The van der Waals surface area contributed by atoms with Gasteiger partial charge in [-0.05, 0) is 25.0 Å². The van der Waals surface area contributed by atoms with Crippen LogP contribution in [0.1, 0.15) is 32.1 Å². The van der Waals surface area contributed by atoms with E-state index in [1.807, 2.05) is 30.3 Å². The van der Waals surface area contributed by atoms with Crippen molar-refractivity contribution in [3.05, 3.63) is 30.3 Å². The summed E-state index contributed by atoms with van der Waals surface area (Å²) in [5, 5.41) is 2.85. The quantitative estimate of drug-likeness (QED) is 0.730. The monoisotopic (exact) mass is 349 g/mol. The average molecular weight is 349 g/mol. The Morgan fingerprint density at radius 2 is 1.96 bits per heavy atom. The fourth-order valence-electron chi connectivity index (χ4n) is 3.25. The van der Waals surface area contributed by atoms with Gasteiger partial charge in [0.1, 0.15) is 25.1 Å². The summed E-state index contributed by atoms with van der Waals surface area (Å²) in [6, 6.07) is 9.53. The molecule has 1 saturated carbocycles. The number of carbonyl (C=O) groups is 1. The molecule has 1 saturated heterocycles. The second kappa shape index (κ2) is 9.17. The van der Waals surface area contributed by atoms with Crippen molar-refractivity contribution in [2.24, 2.45) is 0 Å². The highest BCUT2D eigenvalue weighted by Gasteiger charge is 2.42. The van der Waals surface area contributed by atoms with Crippen LogP contribution in [0.3, 0.4) is 0 Å². The molecule has 0 bridgehead atoms. The molecule has 6 nitrogen and oxygen atoms in total.